The predicted molar refractivity (Wildman–Crippen MR) is 93.5 cm³/mol. The lowest BCUT2D eigenvalue weighted by Crippen LogP contribution is -2.24. The molecule has 0 radical (unpaired) electrons. The minimum Gasteiger partial charge on any atom is -0.332 e. The van der Waals surface area contributed by atoms with Crippen molar-refractivity contribution in [2.24, 2.45) is 11.7 Å². The first kappa shape index (κ1) is 16.5. The van der Waals surface area contributed by atoms with Gasteiger partial charge in [0.2, 0.25) is 0 Å². The highest BCUT2D eigenvalue weighted by Gasteiger charge is 2.25. The summed E-state index contributed by atoms with van der Waals surface area (Å²) < 4.78 is 2.24. The van der Waals surface area contributed by atoms with Crippen molar-refractivity contribution in [3.63, 3.8) is 0 Å². The van der Waals surface area contributed by atoms with Gasteiger partial charge in [0.15, 0.2) is 5.82 Å². The first-order valence-corrected chi connectivity index (χ1v) is 9.08. The smallest absolute Gasteiger partial charge is 0.162 e. The third-order valence-corrected chi connectivity index (χ3v) is 5.11. The summed E-state index contributed by atoms with van der Waals surface area (Å²) in [4.78, 5) is 12.4. The van der Waals surface area contributed by atoms with Crippen molar-refractivity contribution in [1.82, 2.24) is 19.5 Å². The summed E-state index contributed by atoms with van der Waals surface area (Å²) in [5, 5.41) is 0.592. The average molecular weight is 336 g/mol. The van der Waals surface area contributed by atoms with Gasteiger partial charge < -0.3 is 15.3 Å². The topological polar surface area (TPSA) is 72.5 Å². The van der Waals surface area contributed by atoms with Crippen molar-refractivity contribution in [2.45, 2.75) is 57.9 Å². The summed E-state index contributed by atoms with van der Waals surface area (Å²) in [5.74, 6) is 2.43. The Morgan fingerprint density at radius 2 is 2.30 bits per heavy atom. The molecule has 0 unspecified atom stereocenters. The number of halogens is 1. The molecular formula is C17H26ClN5. The number of nitrogens with zero attached hydrogens (tertiary/aromatic N) is 3. The SMILES string of the molecule is CCCCc1nc(-c2nccn2[C@@H]2CCC[C@H](CN)C2)c(Cl)[nH]1. The number of aromatic amines is 1. The summed E-state index contributed by atoms with van der Waals surface area (Å²) in [7, 11) is 0. The summed E-state index contributed by atoms with van der Waals surface area (Å²) in [6.45, 7) is 2.94. The Hall–Kier alpha value is -1.33. The van der Waals surface area contributed by atoms with Gasteiger partial charge in [-0.05, 0) is 38.1 Å². The second kappa shape index (κ2) is 7.49. The number of H-pyrrole nitrogens is 1. The van der Waals surface area contributed by atoms with Gasteiger partial charge in [-0.3, -0.25) is 0 Å². The molecule has 0 aromatic carbocycles. The Morgan fingerprint density at radius 3 is 3.09 bits per heavy atom. The molecule has 0 saturated heterocycles. The highest BCUT2D eigenvalue weighted by molar-refractivity contribution is 6.31. The van der Waals surface area contributed by atoms with Crippen LogP contribution < -0.4 is 5.73 Å². The molecule has 3 rings (SSSR count). The molecule has 126 valence electrons. The van der Waals surface area contributed by atoms with E-state index < -0.39 is 0 Å². The van der Waals surface area contributed by atoms with Gasteiger partial charge in [-0.15, -0.1) is 0 Å². The monoisotopic (exact) mass is 335 g/mol. The highest BCUT2D eigenvalue weighted by Crippen LogP contribution is 2.35. The minimum atomic E-state index is 0.446. The molecule has 2 heterocycles. The minimum absolute atomic E-state index is 0.446. The van der Waals surface area contributed by atoms with Gasteiger partial charge in [0.25, 0.3) is 0 Å². The summed E-state index contributed by atoms with van der Waals surface area (Å²) in [6, 6.07) is 0.446. The van der Waals surface area contributed by atoms with Crippen LogP contribution in [0, 0.1) is 5.92 Å². The maximum Gasteiger partial charge on any atom is 0.162 e. The molecule has 1 aliphatic carbocycles. The van der Waals surface area contributed by atoms with Gasteiger partial charge in [0.1, 0.15) is 16.7 Å². The van der Waals surface area contributed by atoms with Crippen molar-refractivity contribution in [3.05, 3.63) is 23.4 Å². The van der Waals surface area contributed by atoms with Crippen LogP contribution in [0.25, 0.3) is 11.5 Å². The molecule has 2 aromatic rings. The fourth-order valence-electron chi connectivity index (χ4n) is 3.53. The molecule has 6 heteroatoms. The number of unbranched alkanes of at least 4 members (excludes halogenated alkanes) is 1. The lowest BCUT2D eigenvalue weighted by molar-refractivity contribution is 0.273. The first-order chi connectivity index (χ1) is 11.2. The Labute approximate surface area is 142 Å². The number of imidazole rings is 2. The van der Waals surface area contributed by atoms with Crippen LogP contribution in [-0.4, -0.2) is 26.1 Å². The van der Waals surface area contributed by atoms with Crippen LogP contribution in [0.1, 0.15) is 57.3 Å². The molecule has 1 aliphatic rings. The fraction of sp³-hybridized carbons (Fsp3) is 0.647. The molecule has 2 aromatic heterocycles. The molecular weight excluding hydrogens is 310 g/mol. The zero-order chi connectivity index (χ0) is 16.2. The van der Waals surface area contributed by atoms with Crippen molar-refractivity contribution < 1.29 is 0 Å². The molecule has 1 fully saturated rings. The van der Waals surface area contributed by atoms with E-state index in [4.69, 9.17) is 17.3 Å². The highest BCUT2D eigenvalue weighted by atomic mass is 35.5. The van der Waals surface area contributed by atoms with Gasteiger partial charge >= 0.3 is 0 Å². The van der Waals surface area contributed by atoms with Crippen LogP contribution in [0.3, 0.4) is 0 Å². The van der Waals surface area contributed by atoms with Crippen LogP contribution >= 0.6 is 11.6 Å². The van der Waals surface area contributed by atoms with Gasteiger partial charge in [0, 0.05) is 24.9 Å². The van der Waals surface area contributed by atoms with E-state index >= 15 is 0 Å². The number of aromatic nitrogens is 4. The van der Waals surface area contributed by atoms with Crippen LogP contribution in [0.5, 0.6) is 0 Å². The molecule has 2 atom stereocenters. The third kappa shape index (κ3) is 3.61. The lowest BCUT2D eigenvalue weighted by atomic mass is 9.85. The molecule has 0 bridgehead atoms. The number of hydrogen-bond acceptors (Lipinski definition) is 3. The molecule has 3 N–H and O–H groups in total. The average Bonchev–Trinajstić information content (AvgIpc) is 3.19. The molecule has 0 aliphatic heterocycles. The van der Waals surface area contributed by atoms with Gasteiger partial charge in [-0.25, -0.2) is 9.97 Å². The molecule has 1 saturated carbocycles. The Bertz CT molecular complexity index is 633. The van der Waals surface area contributed by atoms with E-state index in [1.54, 1.807) is 0 Å². The van der Waals surface area contributed by atoms with E-state index in [1.165, 1.54) is 19.3 Å². The zero-order valence-corrected chi connectivity index (χ0v) is 14.5. The quantitative estimate of drug-likeness (QED) is 0.839. The normalized spacial score (nSPS) is 21.7. The van der Waals surface area contributed by atoms with Gasteiger partial charge in [-0.1, -0.05) is 31.4 Å². The van der Waals surface area contributed by atoms with Crippen molar-refractivity contribution in [3.8, 4) is 11.5 Å². The lowest BCUT2D eigenvalue weighted by Gasteiger charge is -2.30. The third-order valence-electron chi connectivity index (χ3n) is 4.84. The Morgan fingerprint density at radius 1 is 1.43 bits per heavy atom. The molecule has 0 amide bonds. The number of aryl methyl sites for hydroxylation is 1. The molecule has 5 nitrogen and oxygen atoms in total. The predicted octanol–water partition coefficient (Wildman–Crippen LogP) is 3.96. The summed E-state index contributed by atoms with van der Waals surface area (Å²) in [6.07, 6.45) is 11.8. The second-order valence-electron chi connectivity index (χ2n) is 6.53. The van der Waals surface area contributed by atoms with E-state index in [2.05, 4.69) is 32.6 Å². The first-order valence-electron chi connectivity index (χ1n) is 8.70. The standard InChI is InChI=1S/C17H26ClN5/c1-2-3-7-14-21-15(16(18)22-14)17-20-8-9-23(17)13-6-4-5-12(10-13)11-19/h8-9,12-13H,2-7,10-11,19H2,1H3,(H,21,22)/t12-,13+/m0/s1. The largest absolute Gasteiger partial charge is 0.332 e. The number of rotatable bonds is 6. The van der Waals surface area contributed by atoms with Crippen LogP contribution in [0.15, 0.2) is 12.4 Å². The van der Waals surface area contributed by atoms with E-state index in [9.17, 15) is 0 Å². The van der Waals surface area contributed by atoms with Crippen LogP contribution in [-0.2, 0) is 6.42 Å². The molecule has 23 heavy (non-hydrogen) atoms. The van der Waals surface area contributed by atoms with E-state index in [1.807, 2.05) is 6.20 Å². The molecule has 0 spiro atoms. The number of nitrogens with one attached hydrogen (secondary N) is 1. The van der Waals surface area contributed by atoms with Crippen LogP contribution in [0.4, 0.5) is 0 Å². The van der Waals surface area contributed by atoms with E-state index in [0.717, 1.165) is 49.6 Å². The fourth-order valence-corrected chi connectivity index (χ4v) is 3.76. The van der Waals surface area contributed by atoms with Crippen molar-refractivity contribution in [1.29, 1.82) is 0 Å². The van der Waals surface area contributed by atoms with E-state index in [0.29, 0.717) is 17.1 Å². The number of nitrogens with two attached hydrogens (primary N) is 1. The zero-order valence-electron chi connectivity index (χ0n) is 13.8. The van der Waals surface area contributed by atoms with Crippen LogP contribution in [0.2, 0.25) is 5.15 Å². The Balaban J connectivity index is 1.84. The maximum absolute atomic E-state index is 6.39. The van der Waals surface area contributed by atoms with Gasteiger partial charge in [-0.2, -0.15) is 0 Å². The maximum atomic E-state index is 6.39. The Kier molecular flexibility index (Phi) is 5.38. The summed E-state index contributed by atoms with van der Waals surface area (Å²) >= 11 is 6.39. The second-order valence-corrected chi connectivity index (χ2v) is 6.91. The van der Waals surface area contributed by atoms with E-state index in [-0.39, 0.29) is 0 Å². The van der Waals surface area contributed by atoms with Crippen molar-refractivity contribution >= 4 is 11.6 Å². The summed E-state index contributed by atoms with van der Waals surface area (Å²) in [5.41, 5.74) is 6.65. The van der Waals surface area contributed by atoms with Crippen molar-refractivity contribution in [2.75, 3.05) is 6.54 Å². The number of hydrogen-bond donors (Lipinski definition) is 2. The van der Waals surface area contributed by atoms with Gasteiger partial charge in [0.05, 0.1) is 0 Å².